The molecule has 1 atom stereocenters. The second kappa shape index (κ2) is 12.0. The number of hydrogen-bond donors (Lipinski definition) is 0. The summed E-state index contributed by atoms with van der Waals surface area (Å²) >= 11 is 2.36. The van der Waals surface area contributed by atoms with Crippen molar-refractivity contribution in [3.05, 3.63) is 143 Å². The predicted molar refractivity (Wildman–Crippen MR) is 158 cm³/mol. The summed E-state index contributed by atoms with van der Waals surface area (Å²) in [6.45, 7) is 1.13. The first kappa shape index (κ1) is 25.6. The van der Waals surface area contributed by atoms with Crippen LogP contribution >= 0.6 is 22.6 Å². The van der Waals surface area contributed by atoms with Gasteiger partial charge in [-0.15, -0.1) is 0 Å². The van der Waals surface area contributed by atoms with Crippen molar-refractivity contribution < 1.29 is 9.47 Å². The Morgan fingerprint density at radius 1 is 0.895 bits per heavy atom. The van der Waals surface area contributed by atoms with Gasteiger partial charge in [0.25, 0.3) is 6.02 Å². The Labute approximate surface area is 236 Å². The number of ether oxygens (including phenoxy) is 2. The summed E-state index contributed by atoms with van der Waals surface area (Å²) in [5, 5.41) is 9.37. The lowest BCUT2D eigenvalue weighted by molar-refractivity contribution is 0.368. The van der Waals surface area contributed by atoms with E-state index in [1.165, 1.54) is 0 Å². The Bertz CT molecular complexity index is 1480. The second-order valence-electron chi connectivity index (χ2n) is 8.84. The van der Waals surface area contributed by atoms with E-state index in [0.29, 0.717) is 24.7 Å². The Kier molecular flexibility index (Phi) is 8.05. The molecule has 1 saturated heterocycles. The molecule has 1 heterocycles. The van der Waals surface area contributed by atoms with Crippen LogP contribution in [-0.2, 0) is 17.8 Å². The van der Waals surface area contributed by atoms with Gasteiger partial charge in [-0.1, -0.05) is 84.9 Å². The fourth-order valence-electron chi connectivity index (χ4n) is 4.38. The smallest absolute Gasteiger partial charge is 0.294 e. The lowest BCUT2D eigenvalue weighted by Gasteiger charge is -2.24. The van der Waals surface area contributed by atoms with Gasteiger partial charge in [0.1, 0.15) is 17.6 Å². The van der Waals surface area contributed by atoms with E-state index in [1.54, 1.807) is 7.11 Å². The van der Waals surface area contributed by atoms with Crippen LogP contribution in [0.5, 0.6) is 5.75 Å². The Morgan fingerprint density at radius 3 is 2.13 bits per heavy atom. The topological polar surface area (TPSA) is 57.9 Å². The molecule has 0 amide bonds. The van der Waals surface area contributed by atoms with Crippen molar-refractivity contribution in [1.82, 2.24) is 4.90 Å². The molecule has 0 bridgehead atoms. The summed E-state index contributed by atoms with van der Waals surface area (Å²) in [5.74, 6) is 1.61. The van der Waals surface area contributed by atoms with Crippen molar-refractivity contribution >= 4 is 32.2 Å². The largest absolute Gasteiger partial charge is 0.497 e. The third-order valence-corrected chi connectivity index (χ3v) is 7.51. The molecular formula is C32H26IN3O2. The highest BCUT2D eigenvalue weighted by atomic mass is 127. The summed E-state index contributed by atoms with van der Waals surface area (Å²) in [4.78, 5) is 7.15. The summed E-state index contributed by atoms with van der Waals surface area (Å²) in [6, 6.07) is 38.8. The number of benzene rings is 4. The van der Waals surface area contributed by atoms with Crippen LogP contribution < -0.4 is 4.74 Å². The number of hydrogen-bond acceptors (Lipinski definition) is 4. The molecule has 4 aromatic carbocycles. The van der Waals surface area contributed by atoms with Gasteiger partial charge in [-0.05, 0) is 69.1 Å². The molecule has 0 radical (unpaired) electrons. The average molecular weight is 611 g/mol. The molecule has 0 saturated carbocycles. The van der Waals surface area contributed by atoms with Crippen LogP contribution in [0, 0.1) is 11.3 Å². The van der Waals surface area contributed by atoms with Crippen molar-refractivity contribution in [2.75, 3.05) is 7.11 Å². The van der Waals surface area contributed by atoms with Crippen LogP contribution in [0.25, 0.3) is 3.58 Å². The quantitative estimate of drug-likeness (QED) is 0.203. The van der Waals surface area contributed by atoms with Crippen molar-refractivity contribution in [3.8, 4) is 11.8 Å². The SMILES string of the molecule is COc1ccc(/C(I)=C2\OC(=NCc3ccccc3)N(Cc3ccccc3)C2c2ccc(C#N)cc2)cc1. The van der Waals surface area contributed by atoms with E-state index in [-0.39, 0.29) is 6.04 Å². The summed E-state index contributed by atoms with van der Waals surface area (Å²) < 4.78 is 13.0. The van der Waals surface area contributed by atoms with E-state index in [9.17, 15) is 5.26 Å². The predicted octanol–water partition coefficient (Wildman–Crippen LogP) is 7.50. The van der Waals surface area contributed by atoms with Crippen LogP contribution in [-0.4, -0.2) is 18.0 Å². The summed E-state index contributed by atoms with van der Waals surface area (Å²) in [7, 11) is 1.66. The lowest BCUT2D eigenvalue weighted by Crippen LogP contribution is -2.28. The van der Waals surface area contributed by atoms with Crippen LogP contribution in [0.1, 0.15) is 33.9 Å². The Hall–Kier alpha value is -4.09. The number of nitriles is 1. The maximum atomic E-state index is 9.37. The van der Waals surface area contributed by atoms with Gasteiger partial charge in [-0.3, -0.25) is 0 Å². The molecule has 6 heteroatoms. The van der Waals surface area contributed by atoms with Gasteiger partial charge in [0.05, 0.1) is 28.9 Å². The minimum Gasteiger partial charge on any atom is -0.497 e. The Balaban J connectivity index is 1.63. The highest BCUT2D eigenvalue weighted by Crippen LogP contribution is 2.44. The average Bonchev–Trinajstić information content (AvgIpc) is 3.34. The van der Waals surface area contributed by atoms with E-state index >= 15 is 0 Å². The number of amidine groups is 1. The van der Waals surface area contributed by atoms with Gasteiger partial charge >= 0.3 is 0 Å². The Morgan fingerprint density at radius 2 is 1.53 bits per heavy atom. The number of nitrogens with zero attached hydrogens (tertiary/aromatic N) is 3. The summed E-state index contributed by atoms with van der Waals surface area (Å²) in [6.07, 6.45) is 0. The van der Waals surface area contributed by atoms with Crippen molar-refractivity contribution in [3.63, 3.8) is 0 Å². The number of halogens is 1. The van der Waals surface area contributed by atoms with Gasteiger partial charge in [0.2, 0.25) is 0 Å². The second-order valence-corrected chi connectivity index (χ2v) is 9.92. The molecular weight excluding hydrogens is 585 g/mol. The van der Waals surface area contributed by atoms with E-state index < -0.39 is 0 Å². The highest BCUT2D eigenvalue weighted by molar-refractivity contribution is 14.1. The molecule has 38 heavy (non-hydrogen) atoms. The fraction of sp³-hybridized carbons (Fsp3) is 0.125. The minimum atomic E-state index is -0.216. The van der Waals surface area contributed by atoms with Gasteiger partial charge in [0, 0.05) is 6.54 Å². The molecule has 0 aliphatic carbocycles. The van der Waals surface area contributed by atoms with Crippen LogP contribution in [0.4, 0.5) is 0 Å². The summed E-state index contributed by atoms with van der Waals surface area (Å²) in [5.41, 5.74) is 4.95. The maximum absolute atomic E-state index is 9.37. The first-order valence-corrected chi connectivity index (χ1v) is 13.3. The number of rotatable bonds is 7. The first-order valence-electron chi connectivity index (χ1n) is 12.3. The van der Waals surface area contributed by atoms with Crippen LogP contribution in [0.15, 0.2) is 120 Å². The molecule has 0 N–H and O–H groups in total. The number of aliphatic imine (C=N–C) groups is 1. The van der Waals surface area contributed by atoms with Gasteiger partial charge < -0.3 is 14.4 Å². The monoisotopic (exact) mass is 611 g/mol. The molecule has 0 spiro atoms. The standard InChI is InChI=1S/C32H26IN3O2/c1-37-28-18-16-26(17-19-28)29(33)31-30(27-14-12-23(20-34)13-15-27)36(22-25-10-6-3-7-11-25)32(38-31)35-21-24-8-4-2-5-9-24/h2-19,30H,21-22H2,1H3/b31-29+,35-32?. The zero-order valence-corrected chi connectivity index (χ0v) is 23.1. The highest BCUT2D eigenvalue weighted by Gasteiger charge is 2.39. The van der Waals surface area contributed by atoms with Gasteiger partial charge in [-0.2, -0.15) is 5.26 Å². The molecule has 1 aliphatic heterocycles. The molecule has 1 fully saturated rings. The zero-order chi connectivity index (χ0) is 26.3. The molecule has 1 unspecified atom stereocenters. The number of methoxy groups -OCH3 is 1. The van der Waals surface area contributed by atoms with Crippen LogP contribution in [0.2, 0.25) is 0 Å². The zero-order valence-electron chi connectivity index (χ0n) is 20.9. The third kappa shape index (κ3) is 5.74. The third-order valence-electron chi connectivity index (χ3n) is 6.36. The van der Waals surface area contributed by atoms with E-state index in [1.807, 2.05) is 84.9 Å². The van der Waals surface area contributed by atoms with Crippen LogP contribution in [0.3, 0.4) is 0 Å². The lowest BCUT2D eigenvalue weighted by atomic mass is 10.0. The van der Waals surface area contributed by atoms with E-state index in [4.69, 9.17) is 14.5 Å². The molecule has 5 nitrogen and oxygen atoms in total. The normalized spacial score (nSPS) is 17.1. The maximum Gasteiger partial charge on any atom is 0.294 e. The van der Waals surface area contributed by atoms with Gasteiger partial charge in [-0.25, -0.2) is 4.99 Å². The van der Waals surface area contributed by atoms with Crippen molar-refractivity contribution in [2.45, 2.75) is 19.1 Å². The molecule has 188 valence electrons. The molecule has 5 rings (SSSR count). The van der Waals surface area contributed by atoms with Gasteiger partial charge in [0.15, 0.2) is 0 Å². The van der Waals surface area contributed by atoms with Crippen molar-refractivity contribution in [2.24, 2.45) is 4.99 Å². The first-order chi connectivity index (χ1) is 18.7. The molecule has 4 aromatic rings. The fourth-order valence-corrected chi connectivity index (χ4v) is 5.15. The van der Waals surface area contributed by atoms with E-state index in [2.05, 4.69) is 57.8 Å². The van der Waals surface area contributed by atoms with E-state index in [0.717, 1.165) is 37.3 Å². The van der Waals surface area contributed by atoms with Crippen molar-refractivity contribution in [1.29, 1.82) is 5.26 Å². The molecule has 1 aliphatic rings. The molecule has 0 aromatic heterocycles. The minimum absolute atomic E-state index is 0.216.